The van der Waals surface area contributed by atoms with Crippen molar-refractivity contribution in [3.8, 4) is 0 Å². The molecule has 0 aliphatic rings. The summed E-state index contributed by atoms with van der Waals surface area (Å²) in [7, 11) is -0.731. The molecule has 3 heteroatoms. The molecule has 0 amide bonds. The van der Waals surface area contributed by atoms with Crippen LogP contribution < -0.4 is 5.32 Å². The van der Waals surface area contributed by atoms with Gasteiger partial charge in [0.25, 0.3) is 0 Å². The van der Waals surface area contributed by atoms with E-state index in [4.69, 9.17) is 0 Å². The Labute approximate surface area is 88.2 Å². The molecular formula is C11H17NOS. The fourth-order valence-electron chi connectivity index (χ4n) is 1.13. The molecule has 0 aliphatic carbocycles. The highest BCUT2D eigenvalue weighted by molar-refractivity contribution is 7.84. The number of hydrogen-bond donors (Lipinski definition) is 1. The summed E-state index contributed by atoms with van der Waals surface area (Å²) >= 11 is 0. The van der Waals surface area contributed by atoms with Crippen molar-refractivity contribution in [2.45, 2.75) is 18.7 Å². The summed E-state index contributed by atoms with van der Waals surface area (Å²) in [6, 6.07) is 10.2. The Bertz CT molecular complexity index is 287. The molecule has 0 spiro atoms. The summed E-state index contributed by atoms with van der Waals surface area (Å²) in [5.74, 6) is 0. The van der Waals surface area contributed by atoms with Crippen molar-refractivity contribution in [2.24, 2.45) is 0 Å². The standard InChI is InChI=1S/C11H17NOS/c1-10(14(2)13)8-12-9-11-6-4-3-5-7-11/h3-7,10,12H,8-9H2,1-2H3. The molecule has 0 saturated heterocycles. The van der Waals surface area contributed by atoms with Gasteiger partial charge in [0, 0.05) is 35.4 Å². The first-order valence-corrected chi connectivity index (χ1v) is 6.39. The molecule has 0 saturated carbocycles. The zero-order chi connectivity index (χ0) is 10.4. The fourth-order valence-corrected chi connectivity index (χ4v) is 1.49. The molecule has 0 bridgehead atoms. The summed E-state index contributed by atoms with van der Waals surface area (Å²) in [5.41, 5.74) is 1.27. The minimum atomic E-state index is -0.731. The minimum absolute atomic E-state index is 0.221. The molecule has 0 fully saturated rings. The maximum absolute atomic E-state index is 11.1. The van der Waals surface area contributed by atoms with E-state index in [9.17, 15) is 4.21 Å². The van der Waals surface area contributed by atoms with Crippen molar-refractivity contribution >= 4 is 10.8 Å². The van der Waals surface area contributed by atoms with E-state index in [1.807, 2.05) is 25.1 Å². The highest BCUT2D eigenvalue weighted by Crippen LogP contribution is 1.97. The van der Waals surface area contributed by atoms with E-state index < -0.39 is 10.8 Å². The summed E-state index contributed by atoms with van der Waals surface area (Å²) in [6.45, 7) is 3.65. The lowest BCUT2D eigenvalue weighted by Crippen LogP contribution is -2.27. The number of benzene rings is 1. The van der Waals surface area contributed by atoms with E-state index in [0.29, 0.717) is 0 Å². The van der Waals surface area contributed by atoms with Crippen molar-refractivity contribution in [1.29, 1.82) is 0 Å². The molecule has 78 valence electrons. The van der Waals surface area contributed by atoms with Crippen LogP contribution in [0, 0.1) is 0 Å². The molecule has 0 aromatic heterocycles. The Kier molecular flexibility index (Phi) is 4.84. The molecule has 14 heavy (non-hydrogen) atoms. The molecule has 0 heterocycles. The van der Waals surface area contributed by atoms with E-state index in [1.165, 1.54) is 5.56 Å². The topological polar surface area (TPSA) is 29.1 Å². The molecular weight excluding hydrogens is 194 g/mol. The second kappa shape index (κ2) is 5.94. The average molecular weight is 211 g/mol. The summed E-state index contributed by atoms with van der Waals surface area (Å²) in [5, 5.41) is 3.51. The molecule has 1 rings (SSSR count). The van der Waals surface area contributed by atoms with Gasteiger partial charge in [0.15, 0.2) is 0 Å². The summed E-state index contributed by atoms with van der Waals surface area (Å²) in [4.78, 5) is 0. The van der Waals surface area contributed by atoms with E-state index in [2.05, 4.69) is 17.4 Å². The highest BCUT2D eigenvalue weighted by Gasteiger charge is 2.04. The summed E-state index contributed by atoms with van der Waals surface area (Å²) in [6.07, 6.45) is 1.74. The van der Waals surface area contributed by atoms with Crippen molar-refractivity contribution in [2.75, 3.05) is 12.8 Å². The lowest BCUT2D eigenvalue weighted by Gasteiger charge is -2.09. The minimum Gasteiger partial charge on any atom is -0.311 e. The van der Waals surface area contributed by atoms with Gasteiger partial charge in [-0.1, -0.05) is 30.3 Å². The van der Waals surface area contributed by atoms with E-state index >= 15 is 0 Å². The Hall–Kier alpha value is -0.670. The van der Waals surface area contributed by atoms with Gasteiger partial charge in [-0.15, -0.1) is 0 Å². The van der Waals surface area contributed by atoms with Crippen molar-refractivity contribution in [3.05, 3.63) is 35.9 Å². The van der Waals surface area contributed by atoms with Crippen LogP contribution in [0.4, 0.5) is 0 Å². The van der Waals surface area contributed by atoms with Crippen molar-refractivity contribution < 1.29 is 4.21 Å². The molecule has 1 N–H and O–H groups in total. The van der Waals surface area contributed by atoms with Crippen molar-refractivity contribution in [3.63, 3.8) is 0 Å². The molecule has 2 nitrogen and oxygen atoms in total. The Morgan fingerprint density at radius 2 is 2.00 bits per heavy atom. The smallest absolute Gasteiger partial charge is 0.0441 e. The largest absolute Gasteiger partial charge is 0.311 e. The normalized spacial score (nSPS) is 15.0. The van der Waals surface area contributed by atoms with Crippen LogP contribution in [0.15, 0.2) is 30.3 Å². The highest BCUT2D eigenvalue weighted by atomic mass is 32.2. The van der Waals surface area contributed by atoms with Gasteiger partial charge in [-0.3, -0.25) is 4.21 Å². The van der Waals surface area contributed by atoms with Crippen LogP contribution in [0.5, 0.6) is 0 Å². The van der Waals surface area contributed by atoms with Gasteiger partial charge in [0.2, 0.25) is 0 Å². The van der Waals surface area contributed by atoms with Crippen LogP contribution in [-0.4, -0.2) is 22.3 Å². The van der Waals surface area contributed by atoms with E-state index in [1.54, 1.807) is 6.26 Å². The maximum atomic E-state index is 11.1. The van der Waals surface area contributed by atoms with Crippen LogP contribution in [0.3, 0.4) is 0 Å². The first-order chi connectivity index (χ1) is 6.70. The first kappa shape index (κ1) is 11.4. The predicted octanol–water partition coefficient (Wildman–Crippen LogP) is 1.54. The SMILES string of the molecule is CC(CNCc1ccccc1)S(C)=O. The van der Waals surface area contributed by atoms with Gasteiger partial charge < -0.3 is 5.32 Å². The van der Waals surface area contributed by atoms with Gasteiger partial charge >= 0.3 is 0 Å². The lowest BCUT2D eigenvalue weighted by molar-refractivity contribution is 0.647. The molecule has 1 aromatic carbocycles. The van der Waals surface area contributed by atoms with Crippen LogP contribution in [-0.2, 0) is 17.3 Å². The molecule has 1 aromatic rings. The Balaban J connectivity index is 2.26. The Morgan fingerprint density at radius 3 is 2.57 bits per heavy atom. The van der Waals surface area contributed by atoms with Crippen LogP contribution >= 0.6 is 0 Å². The second-order valence-electron chi connectivity index (χ2n) is 3.43. The van der Waals surface area contributed by atoms with Gasteiger partial charge in [-0.2, -0.15) is 0 Å². The molecule has 0 aliphatic heterocycles. The quantitative estimate of drug-likeness (QED) is 0.800. The Morgan fingerprint density at radius 1 is 1.36 bits per heavy atom. The lowest BCUT2D eigenvalue weighted by atomic mass is 10.2. The maximum Gasteiger partial charge on any atom is 0.0441 e. The number of nitrogens with one attached hydrogen (secondary N) is 1. The van der Waals surface area contributed by atoms with E-state index in [-0.39, 0.29) is 5.25 Å². The third-order valence-electron chi connectivity index (χ3n) is 2.17. The van der Waals surface area contributed by atoms with Gasteiger partial charge in [-0.05, 0) is 12.5 Å². The average Bonchev–Trinajstić information content (AvgIpc) is 2.19. The molecule has 0 radical (unpaired) electrons. The zero-order valence-corrected chi connectivity index (χ0v) is 9.51. The number of hydrogen-bond acceptors (Lipinski definition) is 2. The monoisotopic (exact) mass is 211 g/mol. The van der Waals surface area contributed by atoms with E-state index in [0.717, 1.165) is 13.1 Å². The summed E-state index contributed by atoms with van der Waals surface area (Å²) < 4.78 is 11.1. The van der Waals surface area contributed by atoms with Gasteiger partial charge in [0.1, 0.15) is 0 Å². The van der Waals surface area contributed by atoms with Crippen molar-refractivity contribution in [1.82, 2.24) is 5.32 Å². The molecule has 2 atom stereocenters. The second-order valence-corrected chi connectivity index (χ2v) is 5.23. The zero-order valence-electron chi connectivity index (χ0n) is 8.69. The third-order valence-corrected chi connectivity index (χ3v) is 3.47. The van der Waals surface area contributed by atoms with Gasteiger partial charge in [0.05, 0.1) is 0 Å². The number of rotatable bonds is 5. The van der Waals surface area contributed by atoms with Crippen LogP contribution in [0.25, 0.3) is 0 Å². The first-order valence-electron chi connectivity index (χ1n) is 4.77. The molecule has 2 unspecified atom stereocenters. The van der Waals surface area contributed by atoms with Crippen LogP contribution in [0.2, 0.25) is 0 Å². The van der Waals surface area contributed by atoms with Crippen LogP contribution in [0.1, 0.15) is 12.5 Å². The fraction of sp³-hybridized carbons (Fsp3) is 0.455. The third kappa shape index (κ3) is 4.03. The van der Waals surface area contributed by atoms with Gasteiger partial charge in [-0.25, -0.2) is 0 Å². The predicted molar refractivity (Wildman–Crippen MR) is 61.7 cm³/mol.